The fraction of sp³-hybridized carbons (Fsp3) is 0.800. The van der Waals surface area contributed by atoms with Gasteiger partial charge in [0.1, 0.15) is 0 Å². The van der Waals surface area contributed by atoms with Gasteiger partial charge in [0.25, 0.3) is 0 Å². The van der Waals surface area contributed by atoms with Gasteiger partial charge in [-0.15, -0.1) is 6.58 Å². The standard InChI is InChI=1S/C10H18/c1-4-10(3)8-6-5-7-9(10)2/h4,9H,1,5-8H2,2-3H3/t9-,10+/m0/s1. The van der Waals surface area contributed by atoms with Gasteiger partial charge in [-0.3, -0.25) is 0 Å². The Labute approximate surface area is 64.3 Å². The first kappa shape index (κ1) is 7.84. The molecule has 0 aliphatic heterocycles. The molecule has 0 spiro atoms. The second kappa shape index (κ2) is 2.77. The molecule has 0 radical (unpaired) electrons. The highest BCUT2D eigenvalue weighted by atomic mass is 14.3. The molecular formula is C10H18. The lowest BCUT2D eigenvalue weighted by atomic mass is 9.68. The minimum atomic E-state index is 0.443. The third-order valence-corrected chi connectivity index (χ3v) is 3.19. The zero-order chi connectivity index (χ0) is 7.61. The molecule has 0 unspecified atom stereocenters. The van der Waals surface area contributed by atoms with Crippen LogP contribution in [-0.2, 0) is 0 Å². The SMILES string of the molecule is C=C[C@]1(C)CCCC[C@@H]1C. The predicted molar refractivity (Wildman–Crippen MR) is 45.9 cm³/mol. The van der Waals surface area contributed by atoms with Crippen LogP contribution in [0.25, 0.3) is 0 Å². The van der Waals surface area contributed by atoms with Crippen molar-refractivity contribution in [2.75, 3.05) is 0 Å². The van der Waals surface area contributed by atoms with Crippen molar-refractivity contribution in [3.8, 4) is 0 Å². The van der Waals surface area contributed by atoms with Crippen molar-refractivity contribution < 1.29 is 0 Å². The summed E-state index contributed by atoms with van der Waals surface area (Å²) >= 11 is 0. The van der Waals surface area contributed by atoms with E-state index in [-0.39, 0.29) is 0 Å². The van der Waals surface area contributed by atoms with Crippen molar-refractivity contribution in [2.24, 2.45) is 11.3 Å². The molecule has 0 saturated heterocycles. The van der Waals surface area contributed by atoms with Crippen LogP contribution in [0.1, 0.15) is 39.5 Å². The molecule has 0 aromatic rings. The summed E-state index contributed by atoms with van der Waals surface area (Å²) in [5.74, 6) is 0.846. The summed E-state index contributed by atoms with van der Waals surface area (Å²) in [4.78, 5) is 0. The molecule has 0 heterocycles. The molecule has 0 nitrogen and oxygen atoms in total. The van der Waals surface area contributed by atoms with Crippen LogP contribution in [0, 0.1) is 11.3 Å². The Morgan fingerprint density at radius 3 is 2.60 bits per heavy atom. The Balaban J connectivity index is 2.62. The van der Waals surface area contributed by atoms with E-state index in [1.54, 1.807) is 0 Å². The van der Waals surface area contributed by atoms with Crippen LogP contribution in [0.4, 0.5) is 0 Å². The lowest BCUT2D eigenvalue weighted by molar-refractivity contribution is 0.190. The highest BCUT2D eigenvalue weighted by molar-refractivity contribution is 4.96. The second-order valence-corrected chi connectivity index (χ2v) is 3.86. The van der Waals surface area contributed by atoms with Crippen LogP contribution in [0.3, 0.4) is 0 Å². The van der Waals surface area contributed by atoms with Crippen molar-refractivity contribution in [3.63, 3.8) is 0 Å². The fourth-order valence-corrected chi connectivity index (χ4v) is 1.84. The first-order valence-electron chi connectivity index (χ1n) is 4.32. The molecule has 1 aliphatic rings. The van der Waals surface area contributed by atoms with Gasteiger partial charge in [0.2, 0.25) is 0 Å². The van der Waals surface area contributed by atoms with E-state index in [4.69, 9.17) is 0 Å². The Morgan fingerprint density at radius 1 is 1.50 bits per heavy atom. The molecule has 0 amide bonds. The topological polar surface area (TPSA) is 0 Å². The minimum Gasteiger partial charge on any atom is -0.103 e. The molecule has 0 bridgehead atoms. The minimum absolute atomic E-state index is 0.443. The van der Waals surface area contributed by atoms with E-state index in [0.29, 0.717) is 5.41 Å². The van der Waals surface area contributed by atoms with E-state index >= 15 is 0 Å². The molecule has 1 aliphatic carbocycles. The van der Waals surface area contributed by atoms with Gasteiger partial charge in [-0.05, 0) is 24.2 Å². The largest absolute Gasteiger partial charge is 0.103 e. The maximum atomic E-state index is 3.91. The molecule has 58 valence electrons. The third-order valence-electron chi connectivity index (χ3n) is 3.19. The molecule has 0 heteroatoms. The summed E-state index contributed by atoms with van der Waals surface area (Å²) in [7, 11) is 0. The van der Waals surface area contributed by atoms with Crippen LogP contribution in [0.15, 0.2) is 12.7 Å². The third kappa shape index (κ3) is 1.25. The van der Waals surface area contributed by atoms with E-state index in [2.05, 4.69) is 26.5 Å². The predicted octanol–water partition coefficient (Wildman–Crippen LogP) is 3.39. The number of hydrogen-bond donors (Lipinski definition) is 0. The van der Waals surface area contributed by atoms with Crippen molar-refractivity contribution in [1.82, 2.24) is 0 Å². The van der Waals surface area contributed by atoms with Gasteiger partial charge in [-0.1, -0.05) is 32.8 Å². The maximum Gasteiger partial charge on any atom is -0.0124 e. The van der Waals surface area contributed by atoms with Crippen molar-refractivity contribution in [3.05, 3.63) is 12.7 Å². The zero-order valence-corrected chi connectivity index (χ0v) is 7.19. The lowest BCUT2D eigenvalue weighted by Crippen LogP contribution is -2.26. The summed E-state index contributed by atoms with van der Waals surface area (Å²) in [6.45, 7) is 8.59. The Kier molecular flexibility index (Phi) is 2.18. The van der Waals surface area contributed by atoms with E-state index < -0.39 is 0 Å². The zero-order valence-electron chi connectivity index (χ0n) is 7.19. The number of rotatable bonds is 1. The lowest BCUT2D eigenvalue weighted by Gasteiger charge is -2.36. The van der Waals surface area contributed by atoms with E-state index in [0.717, 1.165) is 5.92 Å². The summed E-state index contributed by atoms with van der Waals surface area (Å²) in [6, 6.07) is 0. The molecule has 1 fully saturated rings. The van der Waals surface area contributed by atoms with Crippen molar-refractivity contribution in [1.29, 1.82) is 0 Å². The van der Waals surface area contributed by atoms with Crippen molar-refractivity contribution in [2.45, 2.75) is 39.5 Å². The Morgan fingerprint density at radius 2 is 2.20 bits per heavy atom. The van der Waals surface area contributed by atoms with Gasteiger partial charge in [-0.25, -0.2) is 0 Å². The normalized spacial score (nSPS) is 41.2. The molecule has 0 aromatic heterocycles. The fourth-order valence-electron chi connectivity index (χ4n) is 1.84. The van der Waals surface area contributed by atoms with Gasteiger partial charge in [0, 0.05) is 0 Å². The van der Waals surface area contributed by atoms with Gasteiger partial charge >= 0.3 is 0 Å². The van der Waals surface area contributed by atoms with E-state index in [1.807, 2.05) is 0 Å². The van der Waals surface area contributed by atoms with E-state index in [1.165, 1.54) is 25.7 Å². The maximum absolute atomic E-state index is 3.91. The van der Waals surface area contributed by atoms with Crippen LogP contribution >= 0.6 is 0 Å². The van der Waals surface area contributed by atoms with Crippen LogP contribution < -0.4 is 0 Å². The van der Waals surface area contributed by atoms with Gasteiger partial charge in [0.15, 0.2) is 0 Å². The molecule has 0 aromatic carbocycles. The monoisotopic (exact) mass is 138 g/mol. The van der Waals surface area contributed by atoms with Gasteiger partial charge in [0.05, 0.1) is 0 Å². The average Bonchev–Trinajstić information content (AvgIpc) is 1.96. The first-order chi connectivity index (χ1) is 4.69. The molecule has 0 N–H and O–H groups in total. The highest BCUT2D eigenvalue weighted by Crippen LogP contribution is 2.41. The first-order valence-corrected chi connectivity index (χ1v) is 4.32. The molecule has 2 atom stereocenters. The smallest absolute Gasteiger partial charge is 0.0124 e. The molecular weight excluding hydrogens is 120 g/mol. The van der Waals surface area contributed by atoms with Crippen LogP contribution in [0.5, 0.6) is 0 Å². The summed E-state index contributed by atoms with van der Waals surface area (Å²) in [6.07, 6.45) is 7.70. The molecule has 1 saturated carbocycles. The number of hydrogen-bond acceptors (Lipinski definition) is 0. The van der Waals surface area contributed by atoms with Gasteiger partial charge < -0.3 is 0 Å². The number of allylic oxidation sites excluding steroid dienone is 1. The summed E-state index contributed by atoms with van der Waals surface area (Å²) < 4.78 is 0. The van der Waals surface area contributed by atoms with Gasteiger partial charge in [-0.2, -0.15) is 0 Å². The Hall–Kier alpha value is -0.260. The highest BCUT2D eigenvalue weighted by Gasteiger charge is 2.29. The average molecular weight is 138 g/mol. The summed E-state index contributed by atoms with van der Waals surface area (Å²) in [5, 5.41) is 0. The quantitative estimate of drug-likeness (QED) is 0.487. The molecule has 10 heavy (non-hydrogen) atoms. The molecule has 1 rings (SSSR count). The van der Waals surface area contributed by atoms with Crippen LogP contribution in [0.2, 0.25) is 0 Å². The van der Waals surface area contributed by atoms with Crippen LogP contribution in [-0.4, -0.2) is 0 Å². The van der Waals surface area contributed by atoms with E-state index in [9.17, 15) is 0 Å². The summed E-state index contributed by atoms with van der Waals surface area (Å²) in [5.41, 5.74) is 0.443. The second-order valence-electron chi connectivity index (χ2n) is 3.86. The Bertz CT molecular complexity index is 126. The van der Waals surface area contributed by atoms with Crippen molar-refractivity contribution >= 4 is 0 Å².